The van der Waals surface area contributed by atoms with Crippen LogP contribution in [-0.4, -0.2) is 25.6 Å². The number of hydrogen-bond donors (Lipinski definition) is 0. The molecule has 0 fully saturated rings. The van der Waals surface area contributed by atoms with E-state index in [0.29, 0.717) is 35.2 Å². The van der Waals surface area contributed by atoms with Crippen molar-refractivity contribution in [1.82, 2.24) is 0 Å². The standard InChI is InChI=1S/C23H20O5/c1-25-17-8-5-9-19(12-17)28-22-15-27-21-11-10-18(13-20(21)23(22)24)26-14-16-6-3-2-4-7-16/h2-13,22H,14-15H2,1H3. The first-order valence-corrected chi connectivity index (χ1v) is 9.01. The Morgan fingerprint density at radius 1 is 0.929 bits per heavy atom. The van der Waals surface area contributed by atoms with E-state index in [1.807, 2.05) is 42.5 Å². The van der Waals surface area contributed by atoms with E-state index in [1.165, 1.54) is 0 Å². The van der Waals surface area contributed by atoms with Gasteiger partial charge in [-0.3, -0.25) is 4.79 Å². The first kappa shape index (κ1) is 17.9. The van der Waals surface area contributed by atoms with Gasteiger partial charge >= 0.3 is 0 Å². The molecule has 5 nitrogen and oxygen atoms in total. The largest absolute Gasteiger partial charge is 0.497 e. The highest BCUT2D eigenvalue weighted by Gasteiger charge is 2.31. The molecule has 0 spiro atoms. The van der Waals surface area contributed by atoms with Crippen LogP contribution < -0.4 is 18.9 Å². The molecule has 1 heterocycles. The van der Waals surface area contributed by atoms with Crippen molar-refractivity contribution in [2.45, 2.75) is 12.7 Å². The van der Waals surface area contributed by atoms with Crippen molar-refractivity contribution in [2.75, 3.05) is 13.7 Å². The SMILES string of the molecule is COc1cccc(OC2COc3ccc(OCc4ccccc4)cc3C2=O)c1. The van der Waals surface area contributed by atoms with Crippen LogP contribution in [0, 0.1) is 0 Å². The third-order valence-electron chi connectivity index (χ3n) is 4.47. The third-order valence-corrected chi connectivity index (χ3v) is 4.47. The molecule has 5 heteroatoms. The average molecular weight is 376 g/mol. The summed E-state index contributed by atoms with van der Waals surface area (Å²) in [6.07, 6.45) is -0.719. The number of fused-ring (bicyclic) bond motifs is 1. The Morgan fingerprint density at radius 3 is 2.57 bits per heavy atom. The summed E-state index contributed by atoms with van der Waals surface area (Å²) in [5, 5.41) is 0. The fraction of sp³-hybridized carbons (Fsp3) is 0.174. The quantitative estimate of drug-likeness (QED) is 0.642. The van der Waals surface area contributed by atoms with Crippen molar-refractivity contribution in [3.05, 3.63) is 83.9 Å². The molecule has 1 unspecified atom stereocenters. The average Bonchev–Trinajstić information content (AvgIpc) is 2.75. The number of benzene rings is 3. The predicted octanol–water partition coefficient (Wildman–Crippen LogP) is 4.30. The first-order valence-electron chi connectivity index (χ1n) is 9.01. The maximum atomic E-state index is 12.9. The minimum absolute atomic E-state index is 0.130. The summed E-state index contributed by atoms with van der Waals surface area (Å²) in [6.45, 7) is 0.589. The highest BCUT2D eigenvalue weighted by Crippen LogP contribution is 2.31. The molecule has 0 radical (unpaired) electrons. The molecule has 0 saturated carbocycles. The highest BCUT2D eigenvalue weighted by atomic mass is 16.5. The normalized spacial score (nSPS) is 15.3. The number of hydrogen-bond acceptors (Lipinski definition) is 5. The maximum absolute atomic E-state index is 12.9. The van der Waals surface area contributed by atoms with Crippen LogP contribution >= 0.6 is 0 Å². The van der Waals surface area contributed by atoms with Gasteiger partial charge in [0, 0.05) is 6.07 Å². The molecule has 3 aromatic rings. The molecule has 1 atom stereocenters. The maximum Gasteiger partial charge on any atom is 0.210 e. The monoisotopic (exact) mass is 376 g/mol. The molecule has 1 aliphatic rings. The van der Waals surface area contributed by atoms with E-state index in [0.717, 1.165) is 5.56 Å². The number of ether oxygens (including phenoxy) is 4. The summed E-state index contributed by atoms with van der Waals surface area (Å²) < 4.78 is 22.6. The van der Waals surface area contributed by atoms with Crippen LogP contribution in [0.25, 0.3) is 0 Å². The number of rotatable bonds is 6. The van der Waals surface area contributed by atoms with Crippen LogP contribution in [0.3, 0.4) is 0 Å². The fourth-order valence-corrected chi connectivity index (χ4v) is 3.00. The summed E-state index contributed by atoms with van der Waals surface area (Å²) in [7, 11) is 1.58. The Kier molecular flexibility index (Phi) is 5.15. The molecule has 0 saturated heterocycles. The van der Waals surface area contributed by atoms with Crippen LogP contribution in [0.4, 0.5) is 0 Å². The van der Waals surface area contributed by atoms with E-state index in [-0.39, 0.29) is 12.4 Å². The lowest BCUT2D eigenvalue weighted by Gasteiger charge is -2.25. The van der Waals surface area contributed by atoms with Crippen LogP contribution in [0.1, 0.15) is 15.9 Å². The van der Waals surface area contributed by atoms with Crippen molar-refractivity contribution in [3.8, 4) is 23.0 Å². The highest BCUT2D eigenvalue weighted by molar-refractivity contribution is 6.03. The summed E-state index contributed by atoms with van der Waals surface area (Å²) >= 11 is 0. The number of methoxy groups -OCH3 is 1. The van der Waals surface area contributed by atoms with E-state index in [9.17, 15) is 4.79 Å². The van der Waals surface area contributed by atoms with Gasteiger partial charge in [-0.15, -0.1) is 0 Å². The molecular formula is C23H20O5. The van der Waals surface area contributed by atoms with Gasteiger partial charge < -0.3 is 18.9 Å². The van der Waals surface area contributed by atoms with Crippen molar-refractivity contribution >= 4 is 5.78 Å². The molecule has 0 aromatic heterocycles. The Balaban J connectivity index is 1.48. The fourth-order valence-electron chi connectivity index (χ4n) is 3.00. The Hall–Kier alpha value is -3.47. The third kappa shape index (κ3) is 3.93. The van der Waals surface area contributed by atoms with E-state index < -0.39 is 6.10 Å². The van der Waals surface area contributed by atoms with E-state index in [1.54, 1.807) is 37.4 Å². The van der Waals surface area contributed by atoms with Crippen LogP contribution in [0.2, 0.25) is 0 Å². The zero-order chi connectivity index (χ0) is 19.3. The van der Waals surface area contributed by atoms with Gasteiger partial charge in [0.25, 0.3) is 0 Å². The zero-order valence-corrected chi connectivity index (χ0v) is 15.5. The van der Waals surface area contributed by atoms with Crippen LogP contribution in [0.15, 0.2) is 72.8 Å². The van der Waals surface area contributed by atoms with E-state index in [2.05, 4.69) is 0 Å². The number of carbonyl (C=O) groups is 1. The lowest BCUT2D eigenvalue weighted by Crippen LogP contribution is -2.37. The van der Waals surface area contributed by atoms with Gasteiger partial charge in [0.1, 0.15) is 36.2 Å². The lowest BCUT2D eigenvalue weighted by atomic mass is 10.0. The Labute approximate surface area is 163 Å². The summed E-state index contributed by atoms with van der Waals surface area (Å²) in [4.78, 5) is 12.9. The first-order chi connectivity index (χ1) is 13.7. The summed E-state index contributed by atoms with van der Waals surface area (Å²) in [5.74, 6) is 2.25. The molecule has 0 bridgehead atoms. The van der Waals surface area contributed by atoms with E-state index >= 15 is 0 Å². The second kappa shape index (κ2) is 8.05. The number of carbonyl (C=O) groups excluding carboxylic acids is 1. The molecule has 0 amide bonds. The molecule has 0 N–H and O–H groups in total. The Bertz CT molecular complexity index is 968. The van der Waals surface area contributed by atoms with Gasteiger partial charge in [-0.05, 0) is 35.9 Å². The molecular weight excluding hydrogens is 356 g/mol. The zero-order valence-electron chi connectivity index (χ0n) is 15.5. The van der Waals surface area contributed by atoms with Gasteiger partial charge in [-0.2, -0.15) is 0 Å². The van der Waals surface area contributed by atoms with Crippen molar-refractivity contribution in [2.24, 2.45) is 0 Å². The molecule has 142 valence electrons. The molecule has 1 aliphatic heterocycles. The smallest absolute Gasteiger partial charge is 0.210 e. The van der Waals surface area contributed by atoms with Gasteiger partial charge in [0.05, 0.1) is 12.7 Å². The van der Waals surface area contributed by atoms with Crippen LogP contribution in [0.5, 0.6) is 23.0 Å². The predicted molar refractivity (Wildman–Crippen MR) is 104 cm³/mol. The molecule has 4 rings (SSSR count). The van der Waals surface area contributed by atoms with Crippen molar-refractivity contribution < 1.29 is 23.7 Å². The van der Waals surface area contributed by atoms with E-state index in [4.69, 9.17) is 18.9 Å². The van der Waals surface area contributed by atoms with Gasteiger partial charge in [-0.1, -0.05) is 36.4 Å². The van der Waals surface area contributed by atoms with Crippen molar-refractivity contribution in [3.63, 3.8) is 0 Å². The second-order valence-corrected chi connectivity index (χ2v) is 6.39. The topological polar surface area (TPSA) is 54.0 Å². The van der Waals surface area contributed by atoms with Gasteiger partial charge in [-0.25, -0.2) is 0 Å². The van der Waals surface area contributed by atoms with Gasteiger partial charge in [0.2, 0.25) is 5.78 Å². The Morgan fingerprint density at radius 2 is 1.75 bits per heavy atom. The van der Waals surface area contributed by atoms with Gasteiger partial charge in [0.15, 0.2) is 6.10 Å². The number of Topliss-reactive ketones (excluding diaryl/α,β-unsaturated/α-hetero) is 1. The second-order valence-electron chi connectivity index (χ2n) is 6.39. The minimum atomic E-state index is -0.719. The molecule has 28 heavy (non-hydrogen) atoms. The van der Waals surface area contributed by atoms with Crippen LogP contribution in [-0.2, 0) is 6.61 Å². The van der Waals surface area contributed by atoms with Crippen molar-refractivity contribution in [1.29, 1.82) is 0 Å². The molecule has 3 aromatic carbocycles. The summed E-state index contributed by atoms with van der Waals surface area (Å²) in [5.41, 5.74) is 1.52. The lowest BCUT2D eigenvalue weighted by molar-refractivity contribution is 0.0627. The molecule has 0 aliphatic carbocycles. The minimum Gasteiger partial charge on any atom is -0.497 e. The summed E-state index contributed by atoms with van der Waals surface area (Å²) in [6, 6.07) is 22.3. The number of ketones is 1.